The van der Waals surface area contributed by atoms with Gasteiger partial charge in [0.2, 0.25) is 5.88 Å². The lowest BCUT2D eigenvalue weighted by molar-refractivity contribution is 0.240. The van der Waals surface area contributed by atoms with Crippen molar-refractivity contribution < 1.29 is 9.53 Å². The second kappa shape index (κ2) is 7.23. The molecule has 0 spiro atoms. The molecule has 6 heteroatoms. The van der Waals surface area contributed by atoms with Crippen LogP contribution in [0.5, 0.6) is 5.88 Å². The normalized spacial score (nSPS) is 10.0. The molecule has 110 valence electrons. The van der Waals surface area contributed by atoms with E-state index < -0.39 is 0 Å². The highest BCUT2D eigenvalue weighted by atomic mass is 16.5. The van der Waals surface area contributed by atoms with Crippen molar-refractivity contribution in [1.29, 1.82) is 0 Å². The zero-order chi connectivity index (χ0) is 15.1. The van der Waals surface area contributed by atoms with Gasteiger partial charge < -0.3 is 15.4 Å². The molecule has 0 fully saturated rings. The Hall–Kier alpha value is -2.63. The maximum Gasteiger partial charge on any atom is 0.315 e. The van der Waals surface area contributed by atoms with E-state index in [9.17, 15) is 4.79 Å². The second-order valence-electron chi connectivity index (χ2n) is 4.52. The third-order valence-electron chi connectivity index (χ3n) is 2.89. The summed E-state index contributed by atoms with van der Waals surface area (Å²) in [4.78, 5) is 20.0. The molecule has 0 aliphatic rings. The topological polar surface area (TPSA) is 76.1 Å². The number of urea groups is 1. The molecule has 2 rings (SSSR count). The van der Waals surface area contributed by atoms with E-state index in [1.165, 1.54) is 0 Å². The fourth-order valence-corrected chi connectivity index (χ4v) is 1.80. The van der Waals surface area contributed by atoms with E-state index in [0.29, 0.717) is 19.0 Å². The van der Waals surface area contributed by atoms with Crippen molar-refractivity contribution in [2.75, 3.05) is 7.11 Å². The Kier molecular flexibility index (Phi) is 5.09. The maximum absolute atomic E-state index is 11.8. The molecule has 0 radical (unpaired) electrons. The van der Waals surface area contributed by atoms with Crippen LogP contribution in [-0.2, 0) is 13.1 Å². The number of aryl methyl sites for hydroxylation is 1. The number of hydrogen-bond donors (Lipinski definition) is 2. The third kappa shape index (κ3) is 4.45. The molecular weight excluding hydrogens is 268 g/mol. The molecule has 0 aliphatic carbocycles. The monoisotopic (exact) mass is 286 g/mol. The molecule has 0 aromatic carbocycles. The van der Waals surface area contributed by atoms with Crippen LogP contribution in [0.15, 0.2) is 36.7 Å². The van der Waals surface area contributed by atoms with E-state index >= 15 is 0 Å². The summed E-state index contributed by atoms with van der Waals surface area (Å²) in [5, 5.41) is 5.54. The van der Waals surface area contributed by atoms with Crippen molar-refractivity contribution >= 4 is 6.03 Å². The molecule has 0 aliphatic heterocycles. The fraction of sp³-hybridized carbons (Fsp3) is 0.267. The van der Waals surface area contributed by atoms with Crippen LogP contribution in [0.2, 0.25) is 0 Å². The van der Waals surface area contributed by atoms with Gasteiger partial charge in [-0.15, -0.1) is 0 Å². The number of methoxy groups -OCH3 is 1. The van der Waals surface area contributed by atoms with Crippen molar-refractivity contribution in [3.63, 3.8) is 0 Å². The van der Waals surface area contributed by atoms with Crippen molar-refractivity contribution in [2.24, 2.45) is 0 Å². The first-order valence-electron chi connectivity index (χ1n) is 6.60. The number of pyridine rings is 2. The zero-order valence-corrected chi connectivity index (χ0v) is 12.1. The number of nitrogens with zero attached hydrogens (tertiary/aromatic N) is 2. The van der Waals surface area contributed by atoms with Gasteiger partial charge in [-0.25, -0.2) is 9.78 Å². The summed E-state index contributed by atoms with van der Waals surface area (Å²) in [6.07, 6.45) is 3.41. The van der Waals surface area contributed by atoms with Gasteiger partial charge >= 0.3 is 6.03 Å². The Balaban J connectivity index is 1.84. The molecule has 21 heavy (non-hydrogen) atoms. The van der Waals surface area contributed by atoms with E-state index in [2.05, 4.69) is 20.6 Å². The van der Waals surface area contributed by atoms with Gasteiger partial charge in [0.05, 0.1) is 7.11 Å². The molecule has 2 amide bonds. The molecule has 2 aromatic heterocycles. The van der Waals surface area contributed by atoms with E-state index in [-0.39, 0.29) is 6.03 Å². The van der Waals surface area contributed by atoms with Crippen LogP contribution in [-0.4, -0.2) is 23.1 Å². The first kappa shape index (κ1) is 14.8. The standard InChI is InChI=1S/C15H18N4O2/c1-11-5-6-13(14(19-11)21-2)10-18-15(20)17-9-12-4-3-7-16-8-12/h3-8H,9-10H2,1-2H3,(H2,17,18,20). The molecule has 2 heterocycles. The molecule has 0 unspecified atom stereocenters. The average molecular weight is 286 g/mol. The van der Waals surface area contributed by atoms with Crippen LogP contribution in [0.4, 0.5) is 4.79 Å². The van der Waals surface area contributed by atoms with Gasteiger partial charge in [0.15, 0.2) is 0 Å². The van der Waals surface area contributed by atoms with Gasteiger partial charge in [-0.1, -0.05) is 12.1 Å². The van der Waals surface area contributed by atoms with Crippen LogP contribution in [0.3, 0.4) is 0 Å². The number of amides is 2. The average Bonchev–Trinajstić information content (AvgIpc) is 2.52. The Morgan fingerprint density at radius 1 is 1.24 bits per heavy atom. The summed E-state index contributed by atoms with van der Waals surface area (Å²) in [5.41, 5.74) is 2.65. The summed E-state index contributed by atoms with van der Waals surface area (Å²) >= 11 is 0. The second-order valence-corrected chi connectivity index (χ2v) is 4.52. The Morgan fingerprint density at radius 2 is 2.05 bits per heavy atom. The first-order valence-corrected chi connectivity index (χ1v) is 6.60. The first-order chi connectivity index (χ1) is 10.2. The summed E-state index contributed by atoms with van der Waals surface area (Å²) in [6.45, 7) is 2.68. The van der Waals surface area contributed by atoms with Gasteiger partial charge in [-0.2, -0.15) is 0 Å². The number of aromatic nitrogens is 2. The molecule has 0 saturated carbocycles. The number of nitrogens with one attached hydrogen (secondary N) is 2. The smallest absolute Gasteiger partial charge is 0.315 e. The highest BCUT2D eigenvalue weighted by molar-refractivity contribution is 5.73. The lowest BCUT2D eigenvalue weighted by atomic mass is 10.2. The van der Waals surface area contributed by atoms with Crippen molar-refractivity contribution in [3.8, 4) is 5.88 Å². The van der Waals surface area contributed by atoms with Gasteiger partial charge in [-0.3, -0.25) is 4.98 Å². The summed E-state index contributed by atoms with van der Waals surface area (Å²) in [6, 6.07) is 7.26. The fourth-order valence-electron chi connectivity index (χ4n) is 1.80. The lowest BCUT2D eigenvalue weighted by Crippen LogP contribution is -2.34. The number of rotatable bonds is 5. The Morgan fingerprint density at radius 3 is 2.76 bits per heavy atom. The molecule has 0 atom stereocenters. The number of ether oxygens (including phenoxy) is 1. The third-order valence-corrected chi connectivity index (χ3v) is 2.89. The molecule has 0 saturated heterocycles. The van der Waals surface area contributed by atoms with E-state index in [4.69, 9.17) is 4.74 Å². The largest absolute Gasteiger partial charge is 0.481 e. The van der Waals surface area contributed by atoms with Gasteiger partial charge in [0.1, 0.15) is 0 Å². The zero-order valence-electron chi connectivity index (χ0n) is 12.1. The van der Waals surface area contributed by atoms with Crippen LogP contribution in [0.1, 0.15) is 16.8 Å². The van der Waals surface area contributed by atoms with Crippen LogP contribution in [0.25, 0.3) is 0 Å². The Labute approximate surface area is 123 Å². The SMILES string of the molecule is COc1nc(C)ccc1CNC(=O)NCc1cccnc1. The van der Waals surface area contributed by atoms with Crippen LogP contribution in [0, 0.1) is 6.92 Å². The predicted octanol–water partition coefficient (Wildman–Crippen LogP) is 1.79. The minimum atomic E-state index is -0.249. The quantitative estimate of drug-likeness (QED) is 0.878. The minimum Gasteiger partial charge on any atom is -0.481 e. The summed E-state index contributed by atoms with van der Waals surface area (Å²) in [5.74, 6) is 0.530. The van der Waals surface area contributed by atoms with Crippen molar-refractivity contribution in [2.45, 2.75) is 20.0 Å². The predicted molar refractivity (Wildman–Crippen MR) is 78.8 cm³/mol. The molecule has 2 N–H and O–H groups in total. The van der Waals surface area contributed by atoms with Gasteiger partial charge in [0.25, 0.3) is 0 Å². The van der Waals surface area contributed by atoms with Crippen molar-refractivity contribution in [1.82, 2.24) is 20.6 Å². The number of carbonyl (C=O) groups excluding carboxylic acids is 1. The van der Waals surface area contributed by atoms with Crippen LogP contribution >= 0.6 is 0 Å². The molecule has 0 bridgehead atoms. The molecular formula is C15H18N4O2. The maximum atomic E-state index is 11.8. The lowest BCUT2D eigenvalue weighted by Gasteiger charge is -2.10. The summed E-state index contributed by atoms with van der Waals surface area (Å²) in [7, 11) is 1.56. The highest BCUT2D eigenvalue weighted by Gasteiger charge is 2.07. The molecule has 6 nitrogen and oxygen atoms in total. The minimum absolute atomic E-state index is 0.249. The highest BCUT2D eigenvalue weighted by Crippen LogP contribution is 2.15. The van der Waals surface area contributed by atoms with Crippen molar-refractivity contribution in [3.05, 3.63) is 53.5 Å². The van der Waals surface area contributed by atoms with Gasteiger partial charge in [0, 0.05) is 36.7 Å². The molecule has 2 aromatic rings. The number of hydrogen-bond acceptors (Lipinski definition) is 4. The van der Waals surface area contributed by atoms with E-state index in [1.807, 2.05) is 31.2 Å². The number of carbonyl (C=O) groups is 1. The van der Waals surface area contributed by atoms with Gasteiger partial charge in [-0.05, 0) is 24.6 Å². The Bertz CT molecular complexity index is 602. The van der Waals surface area contributed by atoms with E-state index in [1.54, 1.807) is 19.5 Å². The summed E-state index contributed by atoms with van der Waals surface area (Å²) < 4.78 is 5.20. The van der Waals surface area contributed by atoms with Crippen LogP contribution < -0.4 is 15.4 Å². The van der Waals surface area contributed by atoms with E-state index in [0.717, 1.165) is 16.8 Å².